The Hall–Kier alpha value is 1.12. The van der Waals surface area contributed by atoms with Crippen molar-refractivity contribution < 1.29 is 20.8 Å². The van der Waals surface area contributed by atoms with Crippen molar-refractivity contribution in [1.82, 2.24) is 0 Å². The van der Waals surface area contributed by atoms with Crippen molar-refractivity contribution in [2.24, 2.45) is 23.2 Å². The minimum absolute atomic E-state index is 0. The molecule has 1 aromatic rings. The Morgan fingerprint density at radius 1 is 0.682 bits per heavy atom. The SMILES string of the molecule is CC(C)(C)CC1CCC([Si](C)(C)[Si](C)(C)C2CCC3C(c4cc(C(C)(C)C)cc(C(C)(C)C)c4)CCCC32)C1.[CH3-].[CH3-].[Cl][Zr+2][Cl]. The molecule has 3 aliphatic rings. The molecule has 0 nitrogen and oxygen atoms in total. The maximum atomic E-state index is 4.93. The second-order valence-electron chi connectivity index (χ2n) is 19.0. The first kappa shape index (κ1) is 43.1. The van der Waals surface area contributed by atoms with E-state index in [1.807, 2.05) is 0 Å². The molecule has 0 heterocycles. The molecule has 1 aromatic carbocycles. The molecule has 3 aliphatic carbocycles. The van der Waals surface area contributed by atoms with E-state index in [-0.39, 0.29) is 25.7 Å². The summed E-state index contributed by atoms with van der Waals surface area (Å²) in [5.41, 5.74) is 7.86. The van der Waals surface area contributed by atoms with Gasteiger partial charge in [0.1, 0.15) is 0 Å². The van der Waals surface area contributed by atoms with Crippen LogP contribution in [0.15, 0.2) is 18.2 Å². The second kappa shape index (κ2) is 16.2. The minimum atomic E-state index is -1.33. The van der Waals surface area contributed by atoms with Crippen LogP contribution in [-0.4, -0.2) is 15.2 Å². The molecule has 5 heteroatoms. The van der Waals surface area contributed by atoms with Crippen LogP contribution in [0.2, 0.25) is 37.3 Å². The monoisotopic (exact) mass is 756 g/mol. The van der Waals surface area contributed by atoms with Gasteiger partial charge in [-0.1, -0.05) is 145 Å². The summed E-state index contributed by atoms with van der Waals surface area (Å²) in [5, 5.41) is 0. The van der Waals surface area contributed by atoms with E-state index < -0.39 is 36.0 Å². The van der Waals surface area contributed by atoms with E-state index in [1.165, 1.54) is 38.5 Å². The van der Waals surface area contributed by atoms with Crippen molar-refractivity contribution in [2.45, 2.75) is 174 Å². The molecule has 4 rings (SSSR count). The van der Waals surface area contributed by atoms with Gasteiger partial charge in [-0.25, -0.2) is 0 Å². The van der Waals surface area contributed by atoms with E-state index in [0.717, 1.165) is 34.8 Å². The number of fused-ring (bicyclic) bond motifs is 1. The van der Waals surface area contributed by atoms with Crippen molar-refractivity contribution in [3.8, 4) is 0 Å². The van der Waals surface area contributed by atoms with E-state index >= 15 is 0 Å². The zero-order chi connectivity index (χ0) is 31.9. The van der Waals surface area contributed by atoms with Gasteiger partial charge < -0.3 is 14.9 Å². The van der Waals surface area contributed by atoms with Gasteiger partial charge in [0, 0.05) is 15.2 Å². The van der Waals surface area contributed by atoms with Crippen molar-refractivity contribution in [2.75, 3.05) is 0 Å². The predicted octanol–water partition coefficient (Wildman–Crippen LogP) is 14.3. The molecule has 3 fully saturated rings. The van der Waals surface area contributed by atoms with Crippen LogP contribution in [0.4, 0.5) is 0 Å². The molecule has 6 unspecified atom stereocenters. The van der Waals surface area contributed by atoms with Crippen LogP contribution in [0.3, 0.4) is 0 Å². The van der Waals surface area contributed by atoms with Crippen molar-refractivity contribution in [1.29, 1.82) is 0 Å². The second-order valence-corrected chi connectivity index (χ2v) is 39.0. The molecule has 0 saturated heterocycles. The molecular weight excluding hydrogens is 687 g/mol. The van der Waals surface area contributed by atoms with Gasteiger partial charge in [0.05, 0.1) is 0 Å². The Balaban J connectivity index is 0.00000186. The average molecular weight is 759 g/mol. The van der Waals surface area contributed by atoms with E-state index in [1.54, 1.807) is 36.0 Å². The van der Waals surface area contributed by atoms with Crippen molar-refractivity contribution >= 4 is 32.2 Å². The maximum absolute atomic E-state index is 4.93. The number of halogens is 2. The van der Waals surface area contributed by atoms with Gasteiger partial charge in [-0.3, -0.25) is 0 Å². The average Bonchev–Trinajstić information content (AvgIpc) is 3.49. The van der Waals surface area contributed by atoms with Crippen molar-refractivity contribution in [3.63, 3.8) is 0 Å². The van der Waals surface area contributed by atoms with Gasteiger partial charge >= 0.3 is 37.9 Å². The molecule has 0 amide bonds. The molecule has 0 radical (unpaired) electrons. The number of hydrogen-bond donors (Lipinski definition) is 0. The molecule has 254 valence electrons. The molecule has 44 heavy (non-hydrogen) atoms. The molecule has 3 saturated carbocycles. The molecule has 0 bridgehead atoms. The Morgan fingerprint density at radius 2 is 1.20 bits per heavy atom. The van der Waals surface area contributed by atoms with Crippen molar-refractivity contribution in [3.05, 3.63) is 49.7 Å². The summed E-state index contributed by atoms with van der Waals surface area (Å²) in [6.45, 7) is 33.4. The number of hydrogen-bond acceptors (Lipinski definition) is 0. The normalized spacial score (nSPS) is 27.7. The Labute approximate surface area is 297 Å². The molecule has 6 atom stereocenters. The quantitative estimate of drug-likeness (QED) is 0.207. The van der Waals surface area contributed by atoms with E-state index in [9.17, 15) is 0 Å². The zero-order valence-electron chi connectivity index (χ0n) is 31.8. The third kappa shape index (κ3) is 10.1. The third-order valence-corrected chi connectivity index (χ3v) is 33.4. The van der Waals surface area contributed by atoms with Crippen LogP contribution in [0.1, 0.15) is 143 Å². The van der Waals surface area contributed by atoms with Gasteiger partial charge in [-0.15, -0.1) is 0 Å². The molecule has 0 aliphatic heterocycles. The standard InChI is InChI=1S/C37H66Si2.2CH3.2ClH.Zr/c1-35(2,3)25-26-17-18-30(21-26)38(10,11)39(12,13)34-20-19-32-31(15-14-16-33(32)34)27-22-28(36(4,5)6)24-29(23-27)37(7,8)9;;;;;/h22-24,26,30-34H,14-21,25H2,1-13H3;2*1H3;2*1H;/q;2*-1;;;+4/p-2. The topological polar surface area (TPSA) is 0 Å². The molecule has 0 aromatic heterocycles. The zero-order valence-corrected chi connectivity index (χ0v) is 37.8. The van der Waals surface area contributed by atoms with E-state index in [4.69, 9.17) is 17.0 Å². The Kier molecular flexibility index (Phi) is 15.9. The summed E-state index contributed by atoms with van der Waals surface area (Å²) in [6.07, 6.45) is 13.5. The first-order chi connectivity index (χ1) is 19.1. The third-order valence-electron chi connectivity index (χ3n) is 12.6. The van der Waals surface area contributed by atoms with Gasteiger partial charge in [0.25, 0.3) is 0 Å². The summed E-state index contributed by atoms with van der Waals surface area (Å²) in [5.74, 6) is 3.71. The molecular formula is C39H72Cl2Si2Zr. The van der Waals surface area contributed by atoms with Crippen LogP contribution in [0, 0.1) is 38.0 Å². The number of benzene rings is 1. The first-order valence-electron chi connectivity index (χ1n) is 17.3. The van der Waals surface area contributed by atoms with Crippen LogP contribution in [0.25, 0.3) is 0 Å². The van der Waals surface area contributed by atoms with Gasteiger partial charge in [-0.2, -0.15) is 0 Å². The van der Waals surface area contributed by atoms with Crippen LogP contribution in [0.5, 0.6) is 0 Å². The summed E-state index contributed by atoms with van der Waals surface area (Å²) in [4.78, 5) is 0. The Morgan fingerprint density at radius 3 is 1.68 bits per heavy atom. The summed E-state index contributed by atoms with van der Waals surface area (Å²) in [6, 6.07) is 7.81. The Bertz CT molecular complexity index is 998. The molecule has 0 N–H and O–H groups in total. The van der Waals surface area contributed by atoms with E-state index in [2.05, 4.69) is 107 Å². The predicted molar refractivity (Wildman–Crippen MR) is 205 cm³/mol. The summed E-state index contributed by atoms with van der Waals surface area (Å²) < 4.78 is 0. The number of rotatable bonds is 5. The fourth-order valence-corrected chi connectivity index (χ4v) is 23.7. The van der Waals surface area contributed by atoms with Crippen LogP contribution < -0.4 is 0 Å². The van der Waals surface area contributed by atoms with Gasteiger partial charge in [0.15, 0.2) is 0 Å². The summed E-state index contributed by atoms with van der Waals surface area (Å²) >= 11 is -0.826. The summed E-state index contributed by atoms with van der Waals surface area (Å²) in [7, 11) is 7.25. The van der Waals surface area contributed by atoms with Crippen LogP contribution in [-0.2, 0) is 31.7 Å². The van der Waals surface area contributed by atoms with Crippen LogP contribution >= 0.6 is 17.0 Å². The van der Waals surface area contributed by atoms with Gasteiger partial charge in [0.2, 0.25) is 0 Å². The fraction of sp³-hybridized carbons (Fsp3) is 0.795. The van der Waals surface area contributed by atoms with Gasteiger partial charge in [-0.05, 0) is 87.0 Å². The first-order valence-corrected chi connectivity index (χ1v) is 30.7. The fourth-order valence-electron chi connectivity index (χ4n) is 9.63. The van der Waals surface area contributed by atoms with E-state index in [0.29, 0.717) is 5.41 Å². The molecule has 0 spiro atoms.